The van der Waals surface area contributed by atoms with E-state index in [9.17, 15) is 9.50 Å². The van der Waals surface area contributed by atoms with Crippen molar-refractivity contribution in [1.82, 2.24) is 0 Å². The summed E-state index contributed by atoms with van der Waals surface area (Å²) >= 11 is 0. The summed E-state index contributed by atoms with van der Waals surface area (Å²) in [5, 5.41) is 10.1. The molecule has 3 fully saturated rings. The van der Waals surface area contributed by atoms with Crippen molar-refractivity contribution in [2.75, 3.05) is 37.6 Å². The molecule has 3 aliphatic heterocycles. The fourth-order valence-electron chi connectivity index (χ4n) is 6.94. The maximum absolute atomic E-state index is 14.6. The molecule has 35 heavy (non-hydrogen) atoms. The number of quaternary nitrogens is 1. The number of anilines is 1. The molecule has 5 heteroatoms. The van der Waals surface area contributed by atoms with E-state index in [2.05, 4.69) is 31.7 Å². The van der Waals surface area contributed by atoms with Gasteiger partial charge < -0.3 is 14.5 Å². The average Bonchev–Trinajstić information content (AvgIpc) is 3.03. The fourth-order valence-corrected chi connectivity index (χ4v) is 6.94. The number of hydrogen-bond acceptors (Lipinski definition) is 2. The van der Waals surface area contributed by atoms with E-state index in [0.29, 0.717) is 5.69 Å². The van der Waals surface area contributed by atoms with Gasteiger partial charge in [-0.25, -0.2) is 4.39 Å². The van der Waals surface area contributed by atoms with Gasteiger partial charge in [0.25, 0.3) is 0 Å². The van der Waals surface area contributed by atoms with Gasteiger partial charge in [-0.05, 0) is 25.8 Å². The van der Waals surface area contributed by atoms with Crippen LogP contribution in [0.15, 0.2) is 42.5 Å². The van der Waals surface area contributed by atoms with Gasteiger partial charge in [0, 0.05) is 70.3 Å². The van der Waals surface area contributed by atoms with Crippen LogP contribution >= 0.6 is 0 Å². The second kappa shape index (κ2) is 12.3. The first-order valence-corrected chi connectivity index (χ1v) is 13.3. The number of benzene rings is 2. The predicted octanol–water partition coefficient (Wildman–Crippen LogP) is 6.15. The van der Waals surface area contributed by atoms with Crippen LogP contribution in [0.3, 0.4) is 0 Å². The molecule has 0 aliphatic carbocycles. The van der Waals surface area contributed by atoms with E-state index in [1.54, 1.807) is 13.0 Å². The molecular weight excluding hydrogens is 607 g/mol. The normalized spacial score (nSPS) is 29.4. The topological polar surface area (TPSA) is 23.5 Å². The van der Waals surface area contributed by atoms with Gasteiger partial charge in [0.1, 0.15) is 5.82 Å². The number of para-hydroxylation sites is 1. The fraction of sp³-hybridized carbons (Fsp3) is 0.600. The molecule has 5 rings (SSSR count). The van der Waals surface area contributed by atoms with Crippen molar-refractivity contribution in [3.05, 3.63) is 65.5 Å². The van der Waals surface area contributed by atoms with Crippen molar-refractivity contribution in [1.29, 1.82) is 0 Å². The minimum Gasteiger partial charge on any atom is -0.389 e. The van der Waals surface area contributed by atoms with Gasteiger partial charge in [-0.2, -0.15) is 35.9 Å². The van der Waals surface area contributed by atoms with Crippen molar-refractivity contribution in [2.24, 2.45) is 17.8 Å². The number of hydrogen-bond donors (Lipinski definition) is 1. The molecule has 0 saturated carbocycles. The largest absolute Gasteiger partial charge is 0.389 e. The molecule has 192 valence electrons. The van der Waals surface area contributed by atoms with Crippen LogP contribution in [0.5, 0.6) is 0 Å². The van der Waals surface area contributed by atoms with E-state index in [1.807, 2.05) is 30.3 Å². The molecule has 5 unspecified atom stereocenters. The third-order valence-electron chi connectivity index (χ3n) is 8.67. The molecular formula is C30H43FN2OW. The van der Waals surface area contributed by atoms with Crippen LogP contribution in [0.25, 0.3) is 0 Å². The first-order valence-electron chi connectivity index (χ1n) is 13.3. The van der Waals surface area contributed by atoms with Crippen molar-refractivity contribution in [3.8, 4) is 0 Å². The maximum atomic E-state index is 14.6. The number of aliphatic hydroxyl groups excluding tert-OH is 1. The van der Waals surface area contributed by atoms with Gasteiger partial charge in [0.2, 0.25) is 0 Å². The van der Waals surface area contributed by atoms with Crippen molar-refractivity contribution >= 4 is 5.69 Å². The van der Waals surface area contributed by atoms with Crippen molar-refractivity contribution in [3.63, 3.8) is 0 Å². The Balaban J connectivity index is 0.000000370. The third kappa shape index (κ3) is 6.56. The van der Waals surface area contributed by atoms with Crippen LogP contribution in [0, 0.1) is 36.6 Å². The summed E-state index contributed by atoms with van der Waals surface area (Å²) in [5.74, 6) is 2.39. The SMILES string of the molecule is CC1CCC2C[N+](C3CCN(c4c(F)cccc4C(C)O)CC3)(C1)CC2C.Cc1cc[c-]cc1.[W]. The number of aliphatic hydroxyl groups is 1. The average molecular weight is 651 g/mol. The Morgan fingerprint density at radius 2 is 1.69 bits per heavy atom. The molecule has 3 aliphatic rings. The molecule has 3 saturated heterocycles. The Hall–Kier alpha value is -1.22. The van der Waals surface area contributed by atoms with Crippen LogP contribution in [-0.2, 0) is 21.1 Å². The van der Waals surface area contributed by atoms with Crippen molar-refractivity contribution < 1.29 is 35.0 Å². The van der Waals surface area contributed by atoms with Crippen LogP contribution in [0.2, 0.25) is 0 Å². The number of fused-ring (bicyclic) bond motifs is 2. The van der Waals surface area contributed by atoms with Gasteiger partial charge in [-0.1, -0.05) is 32.9 Å². The standard InChI is InChI=1S/C23H36FN2O.C7H7.W/c1-16-7-8-19-15-26(13-16,14-17(19)2)20-9-11-25(12-10-20)23-21(18(3)27)5-4-6-22(23)24;1-7-5-3-2-4-6-7;/h4-6,16-20,27H,7-15H2,1-3H3;3-6H,1H3;/q+1;-1;. The Morgan fingerprint density at radius 3 is 2.29 bits per heavy atom. The number of nitrogens with zero attached hydrogens (tertiary/aromatic N) is 2. The zero-order valence-electron chi connectivity index (χ0n) is 21.9. The zero-order valence-corrected chi connectivity index (χ0v) is 24.9. The molecule has 0 aromatic heterocycles. The van der Waals surface area contributed by atoms with E-state index in [0.717, 1.165) is 55.3 Å². The van der Waals surface area contributed by atoms with Gasteiger partial charge in [0.05, 0.1) is 37.5 Å². The molecule has 5 atom stereocenters. The Labute approximate surface area is 226 Å². The summed E-state index contributed by atoms with van der Waals surface area (Å²) in [6.07, 6.45) is 4.44. The minimum absolute atomic E-state index is 0. The number of rotatable bonds is 3. The number of halogens is 1. The van der Waals surface area contributed by atoms with Crippen LogP contribution < -0.4 is 4.90 Å². The van der Waals surface area contributed by atoms with Gasteiger partial charge in [-0.3, -0.25) is 0 Å². The summed E-state index contributed by atoms with van der Waals surface area (Å²) in [6.45, 7) is 14.6. The van der Waals surface area contributed by atoms with Gasteiger partial charge in [0.15, 0.2) is 0 Å². The third-order valence-corrected chi connectivity index (χ3v) is 8.67. The van der Waals surface area contributed by atoms with Gasteiger partial charge in [-0.15, -0.1) is 0 Å². The molecule has 3 heterocycles. The second-order valence-corrected chi connectivity index (χ2v) is 11.3. The Morgan fingerprint density at radius 1 is 1.00 bits per heavy atom. The zero-order chi connectivity index (χ0) is 24.3. The second-order valence-electron chi connectivity index (χ2n) is 11.3. The summed E-state index contributed by atoms with van der Waals surface area (Å²) in [7, 11) is 0. The molecule has 0 spiro atoms. The smallest absolute Gasteiger partial charge is 0.146 e. The molecule has 2 aromatic carbocycles. The maximum Gasteiger partial charge on any atom is 0.146 e. The first kappa shape index (κ1) is 28.4. The molecule has 0 radical (unpaired) electrons. The van der Waals surface area contributed by atoms with E-state index in [-0.39, 0.29) is 26.9 Å². The van der Waals surface area contributed by atoms with E-state index >= 15 is 0 Å². The summed E-state index contributed by atoms with van der Waals surface area (Å²) in [6, 6.07) is 16.6. The number of aryl methyl sites for hydroxylation is 1. The Kier molecular flexibility index (Phi) is 10.0. The quantitative estimate of drug-likeness (QED) is 0.318. The summed E-state index contributed by atoms with van der Waals surface area (Å²) in [4.78, 5) is 2.18. The number of piperidine rings is 1. The van der Waals surface area contributed by atoms with E-state index in [4.69, 9.17) is 0 Å². The predicted molar refractivity (Wildman–Crippen MR) is 138 cm³/mol. The molecule has 3 nitrogen and oxygen atoms in total. The molecule has 2 aromatic rings. The molecule has 1 N–H and O–H groups in total. The summed E-state index contributed by atoms with van der Waals surface area (Å²) < 4.78 is 15.9. The van der Waals surface area contributed by atoms with E-state index in [1.165, 1.54) is 48.6 Å². The summed E-state index contributed by atoms with van der Waals surface area (Å²) in [5.41, 5.74) is 2.64. The molecule has 2 bridgehead atoms. The van der Waals surface area contributed by atoms with Crippen molar-refractivity contribution in [2.45, 2.75) is 65.5 Å². The van der Waals surface area contributed by atoms with Crippen LogP contribution in [-0.4, -0.2) is 48.4 Å². The van der Waals surface area contributed by atoms with E-state index < -0.39 is 6.10 Å². The monoisotopic (exact) mass is 650 g/mol. The first-order chi connectivity index (χ1) is 16.3. The van der Waals surface area contributed by atoms with Gasteiger partial charge >= 0.3 is 0 Å². The van der Waals surface area contributed by atoms with Crippen LogP contribution in [0.4, 0.5) is 10.1 Å². The molecule has 0 amide bonds. The minimum atomic E-state index is -0.637. The van der Waals surface area contributed by atoms with Crippen LogP contribution in [0.1, 0.15) is 63.7 Å². The Bertz CT molecular complexity index is 927.